The minimum absolute atomic E-state index is 0.0227. The van der Waals surface area contributed by atoms with Crippen molar-refractivity contribution >= 4 is 15.9 Å². The average Bonchev–Trinajstić information content (AvgIpc) is 2.87. The zero-order valence-electron chi connectivity index (χ0n) is 12.5. The second kappa shape index (κ2) is 7.53. The Kier molecular flexibility index (Phi) is 5.98. The summed E-state index contributed by atoms with van der Waals surface area (Å²) in [5.41, 5.74) is 0. The van der Waals surface area contributed by atoms with Crippen molar-refractivity contribution in [3.8, 4) is 0 Å². The average molecular weight is 319 g/mol. The molecule has 2 fully saturated rings. The van der Waals surface area contributed by atoms with E-state index >= 15 is 0 Å². The Labute approximate surface area is 126 Å². The lowest BCUT2D eigenvalue weighted by molar-refractivity contribution is -0.123. The monoisotopic (exact) mass is 319 g/mol. The van der Waals surface area contributed by atoms with Gasteiger partial charge in [-0.3, -0.25) is 9.69 Å². The largest absolute Gasteiger partial charge is 0.376 e. The fraction of sp³-hybridized carbons (Fsp3) is 0.923. The number of nitrogens with zero attached hydrogens (tertiary/aromatic N) is 1. The summed E-state index contributed by atoms with van der Waals surface area (Å²) in [6.07, 6.45) is 5.10. The van der Waals surface area contributed by atoms with E-state index in [9.17, 15) is 13.2 Å². The van der Waals surface area contributed by atoms with E-state index in [0.29, 0.717) is 19.6 Å². The van der Waals surface area contributed by atoms with Crippen LogP contribution in [0.25, 0.3) is 0 Å². The standard InChI is InChI=1S/C13H25N3O4S/c1-21(18,19)15-11-4-2-6-16(9-11)10-13(17)14-8-12-5-3-7-20-12/h11-12,15H,2-10H2,1H3,(H,14,17). The van der Waals surface area contributed by atoms with Crippen LogP contribution in [0.15, 0.2) is 0 Å². The van der Waals surface area contributed by atoms with Crippen LogP contribution in [0.4, 0.5) is 0 Å². The summed E-state index contributed by atoms with van der Waals surface area (Å²) in [6, 6.07) is -0.0975. The van der Waals surface area contributed by atoms with Crippen molar-refractivity contribution in [3.63, 3.8) is 0 Å². The molecule has 2 rings (SSSR count). The lowest BCUT2D eigenvalue weighted by Gasteiger charge is -2.32. The van der Waals surface area contributed by atoms with Gasteiger partial charge in [0.25, 0.3) is 0 Å². The minimum Gasteiger partial charge on any atom is -0.376 e. The Bertz CT molecular complexity index is 448. The smallest absolute Gasteiger partial charge is 0.234 e. The van der Waals surface area contributed by atoms with Gasteiger partial charge in [-0.05, 0) is 32.2 Å². The molecule has 2 heterocycles. The lowest BCUT2D eigenvalue weighted by Crippen LogP contribution is -2.50. The number of carbonyl (C=O) groups is 1. The van der Waals surface area contributed by atoms with E-state index in [1.165, 1.54) is 6.26 Å². The zero-order valence-corrected chi connectivity index (χ0v) is 13.3. The van der Waals surface area contributed by atoms with Crippen LogP contribution < -0.4 is 10.0 Å². The molecule has 2 unspecified atom stereocenters. The SMILES string of the molecule is CS(=O)(=O)NC1CCCN(CC(=O)NCC2CCCO2)C1. The van der Waals surface area contributed by atoms with Crippen LogP contribution in [0.1, 0.15) is 25.7 Å². The van der Waals surface area contributed by atoms with Gasteiger partial charge in [-0.1, -0.05) is 0 Å². The Hall–Kier alpha value is -0.700. The van der Waals surface area contributed by atoms with Gasteiger partial charge in [-0.15, -0.1) is 0 Å². The molecule has 2 atom stereocenters. The Balaban J connectivity index is 1.70. The molecule has 8 heteroatoms. The molecule has 7 nitrogen and oxygen atoms in total. The molecule has 2 N–H and O–H groups in total. The maximum Gasteiger partial charge on any atom is 0.234 e. The van der Waals surface area contributed by atoms with E-state index in [2.05, 4.69) is 10.0 Å². The zero-order chi connectivity index (χ0) is 15.3. The lowest BCUT2D eigenvalue weighted by atomic mass is 10.1. The molecular formula is C13H25N3O4S. The summed E-state index contributed by atoms with van der Waals surface area (Å²) in [7, 11) is -3.19. The molecule has 0 aliphatic carbocycles. The van der Waals surface area contributed by atoms with Crippen molar-refractivity contribution in [2.45, 2.75) is 37.8 Å². The van der Waals surface area contributed by atoms with E-state index in [0.717, 1.165) is 38.8 Å². The van der Waals surface area contributed by atoms with Crippen molar-refractivity contribution in [2.75, 3.05) is 39.0 Å². The summed E-state index contributed by atoms with van der Waals surface area (Å²) in [4.78, 5) is 13.9. The number of likely N-dealkylation sites (tertiary alicyclic amines) is 1. The minimum atomic E-state index is -3.19. The first-order valence-electron chi connectivity index (χ1n) is 7.50. The van der Waals surface area contributed by atoms with Crippen LogP contribution in [-0.4, -0.2) is 70.4 Å². The van der Waals surface area contributed by atoms with Gasteiger partial charge in [0.05, 0.1) is 18.9 Å². The number of ether oxygens (including phenoxy) is 1. The Morgan fingerprint density at radius 3 is 2.81 bits per heavy atom. The normalized spacial score (nSPS) is 27.7. The molecular weight excluding hydrogens is 294 g/mol. The van der Waals surface area contributed by atoms with E-state index < -0.39 is 10.0 Å². The number of hydrogen-bond acceptors (Lipinski definition) is 5. The number of hydrogen-bond donors (Lipinski definition) is 2. The predicted octanol–water partition coefficient (Wildman–Crippen LogP) is -0.705. The van der Waals surface area contributed by atoms with Crippen LogP contribution in [0.2, 0.25) is 0 Å². The third-order valence-electron chi connectivity index (χ3n) is 3.80. The van der Waals surface area contributed by atoms with E-state index in [4.69, 9.17) is 4.74 Å². The fourth-order valence-corrected chi connectivity index (χ4v) is 3.69. The maximum absolute atomic E-state index is 11.9. The summed E-state index contributed by atoms with van der Waals surface area (Å²) in [6.45, 7) is 3.08. The van der Waals surface area contributed by atoms with Crippen molar-refractivity contribution in [3.05, 3.63) is 0 Å². The molecule has 2 saturated heterocycles. The maximum atomic E-state index is 11.9. The molecule has 2 aliphatic rings. The van der Waals surface area contributed by atoms with Crippen LogP contribution in [0.5, 0.6) is 0 Å². The van der Waals surface area contributed by atoms with Gasteiger partial charge in [0.15, 0.2) is 0 Å². The van der Waals surface area contributed by atoms with Crippen molar-refractivity contribution in [1.29, 1.82) is 0 Å². The highest BCUT2D eigenvalue weighted by atomic mass is 32.2. The van der Waals surface area contributed by atoms with E-state index in [1.54, 1.807) is 0 Å². The van der Waals surface area contributed by atoms with Crippen LogP contribution in [-0.2, 0) is 19.6 Å². The Morgan fingerprint density at radius 2 is 2.14 bits per heavy atom. The molecule has 2 aliphatic heterocycles. The summed E-state index contributed by atoms with van der Waals surface area (Å²) in [5, 5.41) is 2.89. The van der Waals surface area contributed by atoms with E-state index in [-0.39, 0.29) is 18.1 Å². The number of rotatable bonds is 6. The number of carbonyl (C=O) groups excluding carboxylic acids is 1. The van der Waals surface area contributed by atoms with E-state index in [1.807, 2.05) is 4.90 Å². The third kappa shape index (κ3) is 6.29. The second-order valence-corrected chi connectivity index (χ2v) is 7.68. The third-order valence-corrected chi connectivity index (χ3v) is 4.57. The van der Waals surface area contributed by atoms with Crippen molar-refractivity contribution in [2.24, 2.45) is 0 Å². The van der Waals surface area contributed by atoms with Gasteiger partial charge in [-0.25, -0.2) is 13.1 Å². The first kappa shape index (κ1) is 16.7. The molecule has 0 saturated carbocycles. The van der Waals surface area contributed by atoms with Crippen LogP contribution >= 0.6 is 0 Å². The van der Waals surface area contributed by atoms with Crippen molar-refractivity contribution in [1.82, 2.24) is 14.9 Å². The van der Waals surface area contributed by atoms with Crippen LogP contribution in [0, 0.1) is 0 Å². The molecule has 0 aromatic carbocycles. The van der Waals surface area contributed by atoms with Gasteiger partial charge in [0, 0.05) is 25.7 Å². The highest BCUT2D eigenvalue weighted by molar-refractivity contribution is 7.88. The summed E-state index contributed by atoms with van der Waals surface area (Å²) < 4.78 is 30.6. The fourth-order valence-electron chi connectivity index (χ4n) is 2.89. The van der Waals surface area contributed by atoms with Crippen molar-refractivity contribution < 1.29 is 17.9 Å². The van der Waals surface area contributed by atoms with Gasteiger partial charge in [-0.2, -0.15) is 0 Å². The van der Waals surface area contributed by atoms with Gasteiger partial charge in [0.2, 0.25) is 15.9 Å². The molecule has 0 aromatic rings. The second-order valence-electron chi connectivity index (χ2n) is 5.90. The molecule has 1 amide bonds. The summed E-state index contributed by atoms with van der Waals surface area (Å²) >= 11 is 0. The quantitative estimate of drug-likeness (QED) is 0.676. The highest BCUT2D eigenvalue weighted by Crippen LogP contribution is 2.12. The molecule has 0 radical (unpaired) electrons. The van der Waals surface area contributed by atoms with Gasteiger partial charge < -0.3 is 10.1 Å². The summed E-state index contributed by atoms with van der Waals surface area (Å²) in [5.74, 6) is -0.0227. The van der Waals surface area contributed by atoms with Crippen LogP contribution in [0.3, 0.4) is 0 Å². The molecule has 21 heavy (non-hydrogen) atoms. The number of piperidine rings is 1. The highest BCUT2D eigenvalue weighted by Gasteiger charge is 2.24. The molecule has 0 spiro atoms. The molecule has 122 valence electrons. The van der Waals surface area contributed by atoms with Gasteiger partial charge in [0.1, 0.15) is 0 Å². The number of amides is 1. The first-order valence-corrected chi connectivity index (χ1v) is 9.39. The number of nitrogens with one attached hydrogen (secondary N) is 2. The molecule has 0 aromatic heterocycles. The number of sulfonamides is 1. The topological polar surface area (TPSA) is 87.7 Å². The first-order chi connectivity index (χ1) is 9.92. The predicted molar refractivity (Wildman–Crippen MR) is 79.4 cm³/mol. The molecule has 0 bridgehead atoms. The Morgan fingerprint density at radius 1 is 1.33 bits per heavy atom. The van der Waals surface area contributed by atoms with Gasteiger partial charge >= 0.3 is 0 Å².